The monoisotopic (exact) mass is 450 g/mol. The molecular weight excluding hydrogens is 428 g/mol. The number of hydrogen-bond donors (Lipinski definition) is 0. The van der Waals surface area contributed by atoms with Crippen LogP contribution in [0.2, 0.25) is 5.02 Å². The largest absolute Gasteiger partial charge is 0.497 e. The third kappa shape index (κ3) is 3.46. The number of imidazole rings is 1. The summed E-state index contributed by atoms with van der Waals surface area (Å²) in [6, 6.07) is 15.7. The lowest BCUT2D eigenvalue weighted by molar-refractivity contribution is 0.415. The van der Waals surface area contributed by atoms with Gasteiger partial charge in [0.1, 0.15) is 10.8 Å². The summed E-state index contributed by atoms with van der Waals surface area (Å²) >= 11 is 6.54. The number of methoxy groups -OCH3 is 1. The highest BCUT2D eigenvalue weighted by Gasteiger charge is 2.23. The minimum absolute atomic E-state index is 0.157. The van der Waals surface area contributed by atoms with Crippen LogP contribution in [0.5, 0.6) is 5.75 Å². The van der Waals surface area contributed by atoms with Gasteiger partial charge in [0.2, 0.25) is 5.95 Å². The lowest BCUT2D eigenvalue weighted by Crippen LogP contribution is -2.47. The van der Waals surface area contributed by atoms with Gasteiger partial charge in [0.25, 0.3) is 5.56 Å². The van der Waals surface area contributed by atoms with Gasteiger partial charge in [-0.1, -0.05) is 23.7 Å². The van der Waals surface area contributed by atoms with Crippen molar-refractivity contribution >= 4 is 34.0 Å². The molecule has 0 unspecified atom stereocenters. The van der Waals surface area contributed by atoms with E-state index in [2.05, 4.69) is 32.0 Å². The van der Waals surface area contributed by atoms with E-state index in [0.717, 1.165) is 48.6 Å². The lowest BCUT2D eigenvalue weighted by Gasteiger charge is -2.37. The van der Waals surface area contributed by atoms with Crippen molar-refractivity contribution in [3.8, 4) is 11.7 Å². The van der Waals surface area contributed by atoms with Gasteiger partial charge in [0.05, 0.1) is 30.0 Å². The zero-order valence-electron chi connectivity index (χ0n) is 17.9. The molecule has 0 spiro atoms. The number of anilines is 2. The molecule has 164 valence electrons. The minimum Gasteiger partial charge on any atom is -0.497 e. The molecule has 9 heteroatoms. The lowest BCUT2D eigenvalue weighted by atomic mass is 10.2. The normalized spacial score (nSPS) is 14.2. The van der Waals surface area contributed by atoms with E-state index in [4.69, 9.17) is 16.3 Å². The molecule has 4 aromatic rings. The van der Waals surface area contributed by atoms with Crippen molar-refractivity contribution < 1.29 is 4.74 Å². The predicted octanol–water partition coefficient (Wildman–Crippen LogP) is 3.11. The first-order chi connectivity index (χ1) is 15.6. The molecule has 1 aliphatic rings. The van der Waals surface area contributed by atoms with E-state index in [1.807, 2.05) is 48.0 Å². The zero-order valence-corrected chi connectivity index (χ0v) is 18.7. The van der Waals surface area contributed by atoms with Crippen LogP contribution < -0.4 is 20.1 Å². The van der Waals surface area contributed by atoms with Crippen LogP contribution in [0.15, 0.2) is 59.5 Å². The Balaban J connectivity index is 1.38. The fourth-order valence-corrected chi connectivity index (χ4v) is 4.36. The van der Waals surface area contributed by atoms with Gasteiger partial charge in [0.15, 0.2) is 0 Å². The van der Waals surface area contributed by atoms with Gasteiger partial charge in [-0.05, 0) is 36.4 Å². The number of rotatable bonds is 4. The van der Waals surface area contributed by atoms with Crippen molar-refractivity contribution in [3.63, 3.8) is 0 Å². The van der Waals surface area contributed by atoms with Crippen molar-refractivity contribution in [1.82, 2.24) is 19.3 Å². The number of halogens is 1. The van der Waals surface area contributed by atoms with Gasteiger partial charge in [-0.3, -0.25) is 4.79 Å². The van der Waals surface area contributed by atoms with Gasteiger partial charge in [-0.25, -0.2) is 4.98 Å². The number of fused-ring (bicyclic) bond motifs is 1. The Morgan fingerprint density at radius 2 is 1.66 bits per heavy atom. The number of piperazine rings is 1. The number of ether oxygens (including phenoxy) is 1. The van der Waals surface area contributed by atoms with E-state index in [1.165, 1.54) is 4.68 Å². The van der Waals surface area contributed by atoms with Gasteiger partial charge in [-0.2, -0.15) is 9.78 Å². The number of aryl methyl sites for hydroxylation is 1. The molecule has 0 bridgehead atoms. The Labute approximate surface area is 190 Å². The fourth-order valence-electron chi connectivity index (χ4n) is 4.11. The number of nitrogens with zero attached hydrogens (tertiary/aromatic N) is 6. The molecule has 32 heavy (non-hydrogen) atoms. The van der Waals surface area contributed by atoms with Crippen molar-refractivity contribution in [1.29, 1.82) is 0 Å². The fraction of sp³-hybridized carbons (Fsp3) is 0.261. The average molecular weight is 451 g/mol. The summed E-state index contributed by atoms with van der Waals surface area (Å²) in [6.45, 7) is 3.11. The minimum atomic E-state index is -0.375. The molecule has 2 aromatic heterocycles. The van der Waals surface area contributed by atoms with Crippen molar-refractivity contribution in [2.24, 2.45) is 7.05 Å². The van der Waals surface area contributed by atoms with E-state index < -0.39 is 0 Å². The summed E-state index contributed by atoms with van der Waals surface area (Å²) in [5.74, 6) is 1.28. The maximum Gasteiger partial charge on any atom is 0.295 e. The Morgan fingerprint density at radius 3 is 2.34 bits per heavy atom. The third-order valence-electron chi connectivity index (χ3n) is 5.91. The van der Waals surface area contributed by atoms with Crippen molar-refractivity contribution in [2.75, 3.05) is 43.1 Å². The smallest absolute Gasteiger partial charge is 0.295 e. The standard InChI is InChI=1S/C23H23ClN6O2/c1-27-19-6-4-3-5-18(19)26-23(27)30-22(31)21(24)20(15-25-30)29-13-11-28(12-14-29)16-7-9-17(32-2)10-8-16/h3-10,15H,11-14H2,1-2H3. The topological polar surface area (TPSA) is 68.4 Å². The molecule has 5 rings (SSSR count). The van der Waals surface area contributed by atoms with Crippen LogP contribution in [0.4, 0.5) is 11.4 Å². The maximum atomic E-state index is 13.1. The Hall–Kier alpha value is -3.52. The van der Waals surface area contributed by atoms with Crippen LogP contribution >= 0.6 is 11.6 Å². The summed E-state index contributed by atoms with van der Waals surface area (Å²) in [4.78, 5) is 22.0. The highest BCUT2D eigenvalue weighted by atomic mass is 35.5. The molecule has 1 saturated heterocycles. The third-order valence-corrected chi connectivity index (χ3v) is 6.27. The van der Waals surface area contributed by atoms with Crippen molar-refractivity contribution in [2.45, 2.75) is 0 Å². The Morgan fingerprint density at radius 1 is 0.969 bits per heavy atom. The SMILES string of the molecule is COc1ccc(N2CCN(c3cnn(-c4nc5ccccc5n4C)c(=O)c3Cl)CC2)cc1. The first kappa shape index (κ1) is 20.4. The van der Waals surface area contributed by atoms with Crippen LogP contribution in [-0.2, 0) is 7.05 Å². The molecule has 1 aliphatic heterocycles. The highest BCUT2D eigenvalue weighted by Crippen LogP contribution is 2.26. The van der Waals surface area contributed by atoms with E-state index in [1.54, 1.807) is 13.3 Å². The number of hydrogen-bond acceptors (Lipinski definition) is 6. The van der Waals surface area contributed by atoms with E-state index in [9.17, 15) is 4.79 Å². The van der Waals surface area contributed by atoms with E-state index >= 15 is 0 Å². The Kier molecular flexibility index (Phi) is 5.22. The van der Waals surface area contributed by atoms with Crippen molar-refractivity contribution in [3.05, 3.63) is 70.1 Å². The second-order valence-electron chi connectivity index (χ2n) is 7.69. The summed E-state index contributed by atoms with van der Waals surface area (Å²) < 4.78 is 8.34. The molecule has 1 fully saturated rings. The molecule has 0 atom stereocenters. The molecule has 0 radical (unpaired) electrons. The van der Waals surface area contributed by atoms with Crippen LogP contribution in [0.1, 0.15) is 0 Å². The molecular formula is C23H23ClN6O2. The molecule has 0 amide bonds. The summed E-state index contributed by atoms with van der Waals surface area (Å²) in [7, 11) is 3.52. The first-order valence-corrected chi connectivity index (χ1v) is 10.8. The number of para-hydroxylation sites is 2. The Bertz CT molecular complexity index is 1320. The summed E-state index contributed by atoms with van der Waals surface area (Å²) in [5.41, 5.74) is 3.15. The van der Waals surface area contributed by atoms with Crippen LogP contribution in [-0.4, -0.2) is 52.6 Å². The predicted molar refractivity (Wildman–Crippen MR) is 127 cm³/mol. The zero-order chi connectivity index (χ0) is 22.2. The maximum absolute atomic E-state index is 13.1. The molecule has 0 N–H and O–H groups in total. The van der Waals surface area contributed by atoms with Crippen LogP contribution in [0.25, 0.3) is 17.0 Å². The number of benzene rings is 2. The van der Waals surface area contributed by atoms with Gasteiger partial charge < -0.3 is 19.1 Å². The highest BCUT2D eigenvalue weighted by molar-refractivity contribution is 6.33. The first-order valence-electron chi connectivity index (χ1n) is 10.4. The molecule has 0 saturated carbocycles. The molecule has 2 aromatic carbocycles. The van der Waals surface area contributed by atoms with Crippen LogP contribution in [0.3, 0.4) is 0 Å². The van der Waals surface area contributed by atoms with E-state index in [-0.39, 0.29) is 10.6 Å². The molecule has 3 heterocycles. The van der Waals surface area contributed by atoms with Gasteiger partial charge in [-0.15, -0.1) is 0 Å². The number of aromatic nitrogens is 4. The van der Waals surface area contributed by atoms with Gasteiger partial charge in [0, 0.05) is 38.9 Å². The van der Waals surface area contributed by atoms with Crippen LogP contribution in [0, 0.1) is 0 Å². The molecule has 0 aliphatic carbocycles. The summed E-state index contributed by atoms with van der Waals surface area (Å²) in [6.07, 6.45) is 1.66. The second kappa shape index (κ2) is 8.20. The second-order valence-corrected chi connectivity index (χ2v) is 8.07. The molecule has 8 nitrogen and oxygen atoms in total. The quantitative estimate of drug-likeness (QED) is 0.476. The average Bonchev–Trinajstić information content (AvgIpc) is 3.17. The van der Waals surface area contributed by atoms with E-state index in [0.29, 0.717) is 11.6 Å². The summed E-state index contributed by atoms with van der Waals surface area (Å²) in [5, 5.41) is 4.56. The van der Waals surface area contributed by atoms with Gasteiger partial charge >= 0.3 is 0 Å².